The fraction of sp³-hybridized carbons (Fsp3) is 0.423. The van der Waals surface area contributed by atoms with Gasteiger partial charge in [-0.2, -0.15) is 0 Å². The Kier molecular flexibility index (Phi) is 8.63. The molecule has 1 nitrogen and oxygen atoms in total. The van der Waals surface area contributed by atoms with Gasteiger partial charge in [0.1, 0.15) is 5.83 Å². The highest BCUT2D eigenvalue weighted by Crippen LogP contribution is 2.39. The lowest BCUT2D eigenvalue weighted by Gasteiger charge is -2.24. The Labute approximate surface area is 170 Å². The number of hydrogen-bond acceptors (Lipinski definition) is 1. The average molecular weight is 380 g/mol. The predicted octanol–water partition coefficient (Wildman–Crippen LogP) is 8.29. The quantitative estimate of drug-likeness (QED) is 0.476. The molecule has 0 radical (unpaired) electrons. The number of nitrogens with zero attached hydrogens (tertiary/aromatic N) is 1. The maximum Gasteiger partial charge on any atom is 0.103 e. The van der Waals surface area contributed by atoms with Gasteiger partial charge in [0.15, 0.2) is 0 Å². The molecule has 150 valence electrons. The van der Waals surface area contributed by atoms with Gasteiger partial charge in [-0.25, -0.2) is 4.39 Å². The number of allylic oxidation sites excluding steroid dienone is 6. The standard InChI is InChI=1S/C21H22FN.C5H12/c1-3-4-5-9-17-14-20(22)15(2)13-19(17)21-18-10-7-6-8-16(18)11-12-23-21;1-4-5(2)3/h4-8,10-13,17H,3,9,14H2,1-2H3;5H,4H2,1-3H3. The first kappa shape index (κ1) is 22.1. The molecular weight excluding hydrogens is 345 g/mol. The summed E-state index contributed by atoms with van der Waals surface area (Å²) in [6, 6.07) is 10.3. The van der Waals surface area contributed by atoms with Gasteiger partial charge in [-0.05, 0) is 54.2 Å². The summed E-state index contributed by atoms with van der Waals surface area (Å²) in [4.78, 5) is 4.63. The van der Waals surface area contributed by atoms with Crippen molar-refractivity contribution < 1.29 is 4.39 Å². The Hall–Kier alpha value is -2.22. The van der Waals surface area contributed by atoms with Crippen LogP contribution in [0.25, 0.3) is 16.3 Å². The molecule has 1 unspecified atom stereocenters. The monoisotopic (exact) mass is 379 g/mol. The normalized spacial score (nSPS) is 17.1. The molecule has 0 N–H and O–H groups in total. The molecule has 0 aliphatic heterocycles. The molecule has 0 spiro atoms. The van der Waals surface area contributed by atoms with Gasteiger partial charge in [-0.1, -0.05) is 76.6 Å². The third-order valence-electron chi connectivity index (χ3n) is 5.25. The van der Waals surface area contributed by atoms with Crippen molar-refractivity contribution in [2.75, 3.05) is 0 Å². The van der Waals surface area contributed by atoms with Gasteiger partial charge in [0.2, 0.25) is 0 Å². The van der Waals surface area contributed by atoms with E-state index in [1.54, 1.807) is 0 Å². The summed E-state index contributed by atoms with van der Waals surface area (Å²) in [5.74, 6) is 1.04. The molecule has 1 aliphatic carbocycles. The summed E-state index contributed by atoms with van der Waals surface area (Å²) in [7, 11) is 0. The van der Waals surface area contributed by atoms with E-state index in [1.807, 2.05) is 37.4 Å². The number of benzene rings is 1. The molecule has 0 amide bonds. The summed E-state index contributed by atoms with van der Waals surface area (Å²) >= 11 is 0. The largest absolute Gasteiger partial charge is 0.256 e. The van der Waals surface area contributed by atoms with Crippen LogP contribution in [0.2, 0.25) is 0 Å². The van der Waals surface area contributed by atoms with Crippen LogP contribution in [-0.2, 0) is 0 Å². The first-order valence-corrected chi connectivity index (χ1v) is 10.5. The maximum atomic E-state index is 14.1. The van der Waals surface area contributed by atoms with Crippen molar-refractivity contribution in [3.05, 3.63) is 71.9 Å². The van der Waals surface area contributed by atoms with Crippen LogP contribution < -0.4 is 0 Å². The Bertz CT molecular complexity index is 852. The van der Waals surface area contributed by atoms with Crippen molar-refractivity contribution >= 4 is 16.3 Å². The highest BCUT2D eigenvalue weighted by Gasteiger charge is 2.24. The van der Waals surface area contributed by atoms with E-state index < -0.39 is 0 Å². The maximum absolute atomic E-state index is 14.1. The van der Waals surface area contributed by atoms with Crippen LogP contribution in [-0.4, -0.2) is 4.98 Å². The predicted molar refractivity (Wildman–Crippen MR) is 121 cm³/mol. The van der Waals surface area contributed by atoms with E-state index in [4.69, 9.17) is 0 Å². The fourth-order valence-corrected chi connectivity index (χ4v) is 3.17. The van der Waals surface area contributed by atoms with Crippen LogP contribution >= 0.6 is 0 Å². The molecule has 1 atom stereocenters. The van der Waals surface area contributed by atoms with Crippen LogP contribution in [0, 0.1) is 11.8 Å². The Balaban J connectivity index is 0.000000500. The van der Waals surface area contributed by atoms with Crippen molar-refractivity contribution in [1.29, 1.82) is 0 Å². The summed E-state index contributed by atoms with van der Waals surface area (Å²) < 4.78 is 14.1. The van der Waals surface area contributed by atoms with Gasteiger partial charge in [0.05, 0.1) is 5.69 Å². The first-order chi connectivity index (χ1) is 13.5. The van der Waals surface area contributed by atoms with Crippen LogP contribution in [0.4, 0.5) is 4.39 Å². The van der Waals surface area contributed by atoms with E-state index in [0.717, 1.165) is 41.0 Å². The molecule has 1 aromatic heterocycles. The zero-order chi connectivity index (χ0) is 20.5. The lowest BCUT2D eigenvalue weighted by molar-refractivity contribution is 0.516. The zero-order valence-corrected chi connectivity index (χ0v) is 18.0. The van der Waals surface area contributed by atoms with Gasteiger partial charge < -0.3 is 0 Å². The molecule has 0 saturated heterocycles. The highest BCUT2D eigenvalue weighted by molar-refractivity contribution is 5.93. The molecule has 1 aliphatic rings. The molecule has 28 heavy (non-hydrogen) atoms. The molecule has 0 fully saturated rings. The second kappa shape index (κ2) is 10.9. The van der Waals surface area contributed by atoms with Crippen LogP contribution in [0.5, 0.6) is 0 Å². The molecule has 0 saturated carbocycles. The molecule has 2 heteroatoms. The smallest absolute Gasteiger partial charge is 0.103 e. The van der Waals surface area contributed by atoms with Crippen molar-refractivity contribution in [3.8, 4) is 0 Å². The second-order valence-electron chi connectivity index (χ2n) is 7.89. The number of hydrogen-bond donors (Lipinski definition) is 0. The first-order valence-electron chi connectivity index (χ1n) is 10.5. The van der Waals surface area contributed by atoms with Crippen molar-refractivity contribution in [2.24, 2.45) is 11.8 Å². The Morgan fingerprint density at radius 2 is 1.86 bits per heavy atom. The SMILES string of the molecule is CCC(C)C.CCC=CCC1CC(F)=C(C)C=C1c1nccc2ccccc12. The van der Waals surface area contributed by atoms with E-state index in [0.29, 0.717) is 6.42 Å². The van der Waals surface area contributed by atoms with Crippen LogP contribution in [0.15, 0.2) is 66.2 Å². The Morgan fingerprint density at radius 1 is 1.14 bits per heavy atom. The lowest BCUT2D eigenvalue weighted by atomic mass is 9.82. The number of fused-ring (bicyclic) bond motifs is 1. The molecule has 1 heterocycles. The van der Waals surface area contributed by atoms with Crippen molar-refractivity contribution in [3.63, 3.8) is 0 Å². The lowest BCUT2D eigenvalue weighted by Crippen LogP contribution is -2.10. The molecule has 1 aromatic carbocycles. The number of aromatic nitrogens is 1. The van der Waals surface area contributed by atoms with Gasteiger partial charge in [-0.3, -0.25) is 4.98 Å². The number of pyridine rings is 1. The van der Waals surface area contributed by atoms with Gasteiger partial charge in [0.25, 0.3) is 0 Å². The third-order valence-corrected chi connectivity index (χ3v) is 5.25. The van der Waals surface area contributed by atoms with E-state index in [1.165, 1.54) is 11.8 Å². The zero-order valence-electron chi connectivity index (χ0n) is 18.0. The van der Waals surface area contributed by atoms with Crippen LogP contribution in [0.3, 0.4) is 0 Å². The molecular formula is C26H34FN. The van der Waals surface area contributed by atoms with E-state index >= 15 is 0 Å². The summed E-state index contributed by atoms with van der Waals surface area (Å²) in [6.07, 6.45) is 11.8. The van der Waals surface area contributed by atoms with Crippen molar-refractivity contribution in [1.82, 2.24) is 4.98 Å². The molecule has 2 aromatic rings. The minimum Gasteiger partial charge on any atom is -0.256 e. The Morgan fingerprint density at radius 3 is 2.54 bits per heavy atom. The highest BCUT2D eigenvalue weighted by atomic mass is 19.1. The minimum absolute atomic E-state index is 0.00360. The molecule has 3 rings (SSSR count). The summed E-state index contributed by atoms with van der Waals surface area (Å²) in [5.41, 5.74) is 2.87. The van der Waals surface area contributed by atoms with Crippen LogP contribution in [0.1, 0.15) is 66.0 Å². The fourth-order valence-electron chi connectivity index (χ4n) is 3.17. The topological polar surface area (TPSA) is 12.9 Å². The number of halogens is 1. The molecule has 0 bridgehead atoms. The van der Waals surface area contributed by atoms with Gasteiger partial charge in [0, 0.05) is 18.0 Å². The van der Waals surface area contributed by atoms with Gasteiger partial charge in [-0.15, -0.1) is 0 Å². The van der Waals surface area contributed by atoms with E-state index in [9.17, 15) is 4.39 Å². The van der Waals surface area contributed by atoms with Gasteiger partial charge >= 0.3 is 0 Å². The summed E-state index contributed by atoms with van der Waals surface area (Å²) in [5, 5.41) is 2.31. The minimum atomic E-state index is 0.00360. The van der Waals surface area contributed by atoms with E-state index in [-0.39, 0.29) is 11.7 Å². The number of rotatable bonds is 5. The average Bonchev–Trinajstić information content (AvgIpc) is 2.70. The van der Waals surface area contributed by atoms with E-state index in [2.05, 4.69) is 57.0 Å². The summed E-state index contributed by atoms with van der Waals surface area (Å²) in [6.45, 7) is 10.6. The third kappa shape index (κ3) is 5.89. The van der Waals surface area contributed by atoms with Crippen molar-refractivity contribution in [2.45, 2.75) is 60.3 Å². The second-order valence-corrected chi connectivity index (χ2v) is 7.89.